The predicted octanol–water partition coefficient (Wildman–Crippen LogP) is 6.31. The van der Waals surface area contributed by atoms with E-state index in [1.165, 1.54) is 12.8 Å². The summed E-state index contributed by atoms with van der Waals surface area (Å²) in [5, 5.41) is 0.323. The van der Waals surface area contributed by atoms with Crippen molar-refractivity contribution in [2.45, 2.75) is 91.7 Å². The lowest BCUT2D eigenvalue weighted by Crippen LogP contribution is -2.30. The molecule has 3 heteroatoms. The van der Waals surface area contributed by atoms with Crippen molar-refractivity contribution in [3.05, 3.63) is 24.3 Å². The van der Waals surface area contributed by atoms with Crippen LogP contribution in [0.3, 0.4) is 0 Å². The van der Waals surface area contributed by atoms with Crippen molar-refractivity contribution < 1.29 is 0 Å². The van der Waals surface area contributed by atoms with Gasteiger partial charge in [-0.3, -0.25) is 0 Å². The summed E-state index contributed by atoms with van der Waals surface area (Å²) in [6.45, 7) is 18.3. The highest BCUT2D eigenvalue weighted by Crippen LogP contribution is 2.33. The van der Waals surface area contributed by atoms with E-state index in [0.717, 1.165) is 12.8 Å². The molecule has 0 aromatic rings. The second-order valence-corrected chi connectivity index (χ2v) is 7.73. The SMILES string of the molecule is CCC(C)/C=C/C(C)([B][B][B]C(C)(/C=C/C(C)CC)CC)CC. The summed E-state index contributed by atoms with van der Waals surface area (Å²) in [7, 11) is 7.03. The van der Waals surface area contributed by atoms with Crippen LogP contribution in [0.15, 0.2) is 24.3 Å². The molecule has 0 bridgehead atoms. The van der Waals surface area contributed by atoms with Gasteiger partial charge in [-0.1, -0.05) is 116 Å². The fourth-order valence-electron chi connectivity index (χ4n) is 2.11. The van der Waals surface area contributed by atoms with Crippen LogP contribution in [0.4, 0.5) is 0 Å². The van der Waals surface area contributed by atoms with Gasteiger partial charge in [-0.15, -0.1) is 0 Å². The molecule has 0 N–H and O–H groups in total. The third-order valence-corrected chi connectivity index (χ3v) is 5.38. The quantitative estimate of drug-likeness (QED) is 0.292. The first-order valence-corrected chi connectivity index (χ1v) is 9.66. The zero-order valence-corrected chi connectivity index (χ0v) is 17.0. The van der Waals surface area contributed by atoms with Gasteiger partial charge in [0.05, 0.1) is 14.3 Å². The zero-order chi connectivity index (χ0) is 17.9. The second kappa shape index (κ2) is 11.3. The van der Waals surface area contributed by atoms with Crippen LogP contribution in [-0.4, -0.2) is 21.4 Å². The normalized spacial score (nSPS) is 20.0. The molecule has 23 heavy (non-hydrogen) atoms. The van der Waals surface area contributed by atoms with Gasteiger partial charge in [0.1, 0.15) is 0 Å². The Hall–Kier alpha value is -0.325. The molecule has 0 saturated carbocycles. The number of hydrogen-bond donors (Lipinski definition) is 0. The molecule has 0 aliphatic heterocycles. The van der Waals surface area contributed by atoms with Gasteiger partial charge < -0.3 is 0 Å². The molecule has 0 rings (SSSR count). The fourth-order valence-corrected chi connectivity index (χ4v) is 2.11. The highest BCUT2D eigenvalue weighted by Gasteiger charge is 2.24. The van der Waals surface area contributed by atoms with E-state index in [9.17, 15) is 0 Å². The van der Waals surface area contributed by atoms with Crippen molar-refractivity contribution >= 4 is 21.4 Å². The van der Waals surface area contributed by atoms with Crippen LogP contribution in [0.1, 0.15) is 81.1 Å². The molecular weight excluding hydrogens is 273 g/mol. The second-order valence-electron chi connectivity index (χ2n) is 7.73. The Morgan fingerprint density at radius 3 is 1.35 bits per heavy atom. The summed E-state index contributed by atoms with van der Waals surface area (Å²) in [5.41, 5.74) is 0. The van der Waals surface area contributed by atoms with Gasteiger partial charge in [0, 0.05) is 7.06 Å². The molecular formula is C20H38B3. The van der Waals surface area contributed by atoms with Crippen molar-refractivity contribution in [3.63, 3.8) is 0 Å². The van der Waals surface area contributed by atoms with Gasteiger partial charge in [0.15, 0.2) is 0 Å². The van der Waals surface area contributed by atoms with Gasteiger partial charge in [-0.2, -0.15) is 0 Å². The predicted molar refractivity (Wildman–Crippen MR) is 112 cm³/mol. The summed E-state index contributed by atoms with van der Waals surface area (Å²) < 4.78 is 0. The standard InChI is InChI=1S/C20H38B3/c1-9-17(5)13-15-19(7,11-3)21-23-22-20(8,12-4)16-14-18(6)10-2/h13-18H,9-12H2,1-8H3/b15-13+,16-14+. The minimum absolute atomic E-state index is 0.162. The molecule has 0 fully saturated rings. The number of hydrogen-bond acceptors (Lipinski definition) is 0. The first-order chi connectivity index (χ1) is 10.7. The van der Waals surface area contributed by atoms with Gasteiger partial charge in [0.25, 0.3) is 0 Å². The molecule has 0 aliphatic rings. The third-order valence-electron chi connectivity index (χ3n) is 5.38. The van der Waals surface area contributed by atoms with E-state index in [4.69, 9.17) is 0 Å². The fraction of sp³-hybridized carbons (Fsp3) is 0.800. The summed E-state index contributed by atoms with van der Waals surface area (Å²) >= 11 is 0. The average molecular weight is 311 g/mol. The average Bonchev–Trinajstić information content (AvgIpc) is 2.57. The maximum Gasteiger partial charge on any atom is 0.0686 e. The van der Waals surface area contributed by atoms with Crippen LogP contribution < -0.4 is 0 Å². The van der Waals surface area contributed by atoms with E-state index in [1.807, 2.05) is 0 Å². The first kappa shape index (κ1) is 22.7. The molecule has 0 nitrogen and oxygen atoms in total. The first-order valence-electron chi connectivity index (χ1n) is 9.66. The highest BCUT2D eigenvalue weighted by atomic mass is 14.1. The van der Waals surface area contributed by atoms with Crippen LogP contribution >= 0.6 is 0 Å². The monoisotopic (exact) mass is 311 g/mol. The Labute approximate surface area is 149 Å². The lowest BCUT2D eigenvalue weighted by Gasteiger charge is -2.28. The Morgan fingerprint density at radius 2 is 1.09 bits per heavy atom. The molecule has 0 aliphatic carbocycles. The molecule has 0 spiro atoms. The van der Waals surface area contributed by atoms with Crippen molar-refractivity contribution in [1.29, 1.82) is 0 Å². The molecule has 0 aromatic heterocycles. The zero-order valence-electron chi connectivity index (χ0n) is 17.0. The van der Waals surface area contributed by atoms with Crippen LogP contribution in [0, 0.1) is 11.8 Å². The molecule has 0 heterocycles. The largest absolute Gasteiger partial charge is 0.0911 e. The van der Waals surface area contributed by atoms with Gasteiger partial charge in [-0.05, 0) is 11.8 Å². The van der Waals surface area contributed by atoms with E-state index >= 15 is 0 Å². The third kappa shape index (κ3) is 9.53. The van der Waals surface area contributed by atoms with Crippen molar-refractivity contribution in [1.82, 2.24) is 0 Å². The summed E-state index contributed by atoms with van der Waals surface area (Å²) in [6, 6.07) is 0. The van der Waals surface area contributed by atoms with Gasteiger partial charge in [0.2, 0.25) is 0 Å². The van der Waals surface area contributed by atoms with Gasteiger partial charge >= 0.3 is 0 Å². The molecule has 3 radical (unpaired) electrons. The lowest BCUT2D eigenvalue weighted by atomic mass is 9.10. The van der Waals surface area contributed by atoms with Crippen molar-refractivity contribution in [2.24, 2.45) is 11.8 Å². The maximum atomic E-state index is 2.39. The van der Waals surface area contributed by atoms with Gasteiger partial charge in [-0.25, -0.2) is 0 Å². The molecule has 4 atom stereocenters. The molecule has 0 amide bonds. The van der Waals surface area contributed by atoms with Crippen molar-refractivity contribution in [2.75, 3.05) is 0 Å². The van der Waals surface area contributed by atoms with E-state index in [0.29, 0.717) is 11.8 Å². The van der Waals surface area contributed by atoms with Crippen LogP contribution in [0.25, 0.3) is 0 Å². The van der Waals surface area contributed by atoms with E-state index in [-0.39, 0.29) is 10.6 Å². The number of rotatable bonds is 12. The Morgan fingerprint density at radius 1 is 0.739 bits per heavy atom. The van der Waals surface area contributed by atoms with Crippen LogP contribution in [0.5, 0.6) is 0 Å². The lowest BCUT2D eigenvalue weighted by molar-refractivity contribution is 0.668. The summed E-state index contributed by atoms with van der Waals surface area (Å²) in [6.07, 6.45) is 14.2. The Bertz CT molecular complexity index is 330. The molecule has 4 unspecified atom stereocenters. The van der Waals surface area contributed by atoms with Crippen LogP contribution in [-0.2, 0) is 0 Å². The minimum Gasteiger partial charge on any atom is -0.0911 e. The molecule has 127 valence electrons. The van der Waals surface area contributed by atoms with Crippen LogP contribution in [0.2, 0.25) is 10.6 Å². The topological polar surface area (TPSA) is 0 Å². The molecule has 0 saturated heterocycles. The Balaban J connectivity index is 4.62. The van der Waals surface area contributed by atoms with E-state index in [2.05, 4.69) is 101 Å². The van der Waals surface area contributed by atoms with E-state index < -0.39 is 0 Å². The summed E-state index contributed by atoms with van der Waals surface area (Å²) in [4.78, 5) is 0. The minimum atomic E-state index is 0.162. The highest BCUT2D eigenvalue weighted by molar-refractivity contribution is 7.30. The number of allylic oxidation sites excluding steroid dienone is 4. The van der Waals surface area contributed by atoms with E-state index in [1.54, 1.807) is 0 Å². The molecule has 0 aromatic carbocycles. The smallest absolute Gasteiger partial charge is 0.0686 e. The van der Waals surface area contributed by atoms with Crippen molar-refractivity contribution in [3.8, 4) is 0 Å². The Kier molecular flexibility index (Phi) is 11.1. The summed E-state index contributed by atoms with van der Waals surface area (Å²) in [5.74, 6) is 1.33. The maximum absolute atomic E-state index is 2.39.